The highest BCUT2D eigenvalue weighted by Crippen LogP contribution is 2.26. The van der Waals surface area contributed by atoms with Gasteiger partial charge in [0.2, 0.25) is 0 Å². The Kier molecular flexibility index (Phi) is 3.02. The number of carbonyl (C=O) groups is 1. The van der Waals surface area contributed by atoms with Crippen molar-refractivity contribution in [3.8, 4) is 0 Å². The van der Waals surface area contributed by atoms with E-state index in [9.17, 15) is 4.79 Å². The minimum absolute atomic E-state index is 0.214. The molecular weight excluding hydrogens is 208 g/mol. The van der Waals surface area contributed by atoms with E-state index in [1.165, 1.54) is 0 Å². The molecule has 1 aromatic heterocycles. The summed E-state index contributed by atoms with van der Waals surface area (Å²) in [5.74, 6) is -0.214. The molecule has 0 unspecified atom stereocenters. The normalized spacial score (nSPS) is 10.5. The van der Waals surface area contributed by atoms with Gasteiger partial charge in [0.1, 0.15) is 0 Å². The second-order valence-corrected chi connectivity index (χ2v) is 4.19. The summed E-state index contributed by atoms with van der Waals surface area (Å²) in [6, 6.07) is 7.87. The highest BCUT2D eigenvalue weighted by molar-refractivity contribution is 7.17. The predicted molar refractivity (Wildman–Crippen MR) is 62.4 cm³/mol. The molecule has 0 atom stereocenters. The molecule has 2 nitrogen and oxygen atoms in total. The first-order valence-electron chi connectivity index (χ1n) is 4.96. The van der Waals surface area contributed by atoms with Crippen LogP contribution in [-0.2, 0) is 4.74 Å². The van der Waals surface area contributed by atoms with E-state index in [-0.39, 0.29) is 5.97 Å². The summed E-state index contributed by atoms with van der Waals surface area (Å²) in [5, 5.41) is 2.85. The monoisotopic (exact) mass is 220 g/mol. The van der Waals surface area contributed by atoms with Gasteiger partial charge in [-0.15, -0.1) is 11.3 Å². The molecule has 1 aromatic carbocycles. The SMILES string of the molecule is CCCOC(=O)c1csc2ccccc12. The Morgan fingerprint density at radius 1 is 1.40 bits per heavy atom. The quantitative estimate of drug-likeness (QED) is 0.740. The van der Waals surface area contributed by atoms with Gasteiger partial charge in [0.05, 0.1) is 12.2 Å². The second kappa shape index (κ2) is 4.45. The van der Waals surface area contributed by atoms with E-state index in [4.69, 9.17) is 4.74 Å². The van der Waals surface area contributed by atoms with Crippen LogP contribution in [0.5, 0.6) is 0 Å². The van der Waals surface area contributed by atoms with Crippen LogP contribution >= 0.6 is 11.3 Å². The molecular formula is C12H12O2S. The van der Waals surface area contributed by atoms with Crippen molar-refractivity contribution in [2.75, 3.05) is 6.61 Å². The third kappa shape index (κ3) is 2.02. The molecule has 78 valence electrons. The zero-order chi connectivity index (χ0) is 10.7. The van der Waals surface area contributed by atoms with Crippen molar-refractivity contribution >= 4 is 27.4 Å². The van der Waals surface area contributed by atoms with Gasteiger partial charge in [-0.1, -0.05) is 25.1 Å². The fraction of sp³-hybridized carbons (Fsp3) is 0.250. The Hall–Kier alpha value is -1.35. The summed E-state index contributed by atoms with van der Waals surface area (Å²) in [7, 11) is 0. The van der Waals surface area contributed by atoms with E-state index in [0.717, 1.165) is 16.5 Å². The van der Waals surface area contributed by atoms with Crippen LogP contribution in [0.2, 0.25) is 0 Å². The van der Waals surface area contributed by atoms with E-state index in [2.05, 4.69) is 0 Å². The van der Waals surface area contributed by atoms with Crippen LogP contribution in [-0.4, -0.2) is 12.6 Å². The smallest absolute Gasteiger partial charge is 0.339 e. The number of carbonyl (C=O) groups excluding carboxylic acids is 1. The van der Waals surface area contributed by atoms with E-state index in [0.29, 0.717) is 12.2 Å². The summed E-state index contributed by atoms with van der Waals surface area (Å²) in [5.41, 5.74) is 0.684. The van der Waals surface area contributed by atoms with Gasteiger partial charge in [-0.2, -0.15) is 0 Å². The third-order valence-corrected chi connectivity index (χ3v) is 3.10. The van der Waals surface area contributed by atoms with Crippen molar-refractivity contribution in [1.29, 1.82) is 0 Å². The number of thiophene rings is 1. The number of hydrogen-bond donors (Lipinski definition) is 0. The second-order valence-electron chi connectivity index (χ2n) is 3.28. The number of fused-ring (bicyclic) bond motifs is 1. The average molecular weight is 220 g/mol. The Bertz CT molecular complexity index is 473. The van der Waals surface area contributed by atoms with Gasteiger partial charge >= 0.3 is 5.97 Å². The molecule has 0 radical (unpaired) electrons. The molecule has 15 heavy (non-hydrogen) atoms. The first kappa shape index (κ1) is 10.2. The molecule has 0 spiro atoms. The molecule has 0 aliphatic heterocycles. The van der Waals surface area contributed by atoms with Crippen LogP contribution in [0.4, 0.5) is 0 Å². The van der Waals surface area contributed by atoms with E-state index < -0.39 is 0 Å². The first-order valence-corrected chi connectivity index (χ1v) is 5.84. The van der Waals surface area contributed by atoms with Gasteiger partial charge in [0.15, 0.2) is 0 Å². The highest BCUT2D eigenvalue weighted by atomic mass is 32.1. The van der Waals surface area contributed by atoms with Crippen molar-refractivity contribution in [3.05, 3.63) is 35.2 Å². The molecule has 0 fully saturated rings. The number of esters is 1. The zero-order valence-corrected chi connectivity index (χ0v) is 9.34. The van der Waals surface area contributed by atoms with E-state index >= 15 is 0 Å². The molecule has 0 aliphatic rings. The van der Waals surface area contributed by atoms with Crippen molar-refractivity contribution in [1.82, 2.24) is 0 Å². The Morgan fingerprint density at radius 3 is 3.00 bits per heavy atom. The summed E-state index contributed by atoms with van der Waals surface area (Å²) in [4.78, 5) is 11.7. The van der Waals surface area contributed by atoms with Crippen LogP contribution in [0.1, 0.15) is 23.7 Å². The fourth-order valence-electron chi connectivity index (χ4n) is 1.41. The standard InChI is InChI=1S/C12H12O2S/c1-2-7-14-12(13)10-8-15-11-6-4-3-5-9(10)11/h3-6,8H,2,7H2,1H3. The Balaban J connectivity index is 2.31. The number of ether oxygens (including phenoxy) is 1. The molecule has 2 aromatic rings. The van der Waals surface area contributed by atoms with Crippen molar-refractivity contribution in [3.63, 3.8) is 0 Å². The minimum Gasteiger partial charge on any atom is -0.462 e. The number of benzene rings is 1. The maximum Gasteiger partial charge on any atom is 0.339 e. The lowest BCUT2D eigenvalue weighted by atomic mass is 10.2. The summed E-state index contributed by atoms with van der Waals surface area (Å²) < 4.78 is 6.24. The number of rotatable bonds is 3. The molecule has 0 N–H and O–H groups in total. The van der Waals surface area contributed by atoms with Crippen molar-refractivity contribution in [2.24, 2.45) is 0 Å². The third-order valence-electron chi connectivity index (χ3n) is 2.14. The van der Waals surface area contributed by atoms with E-state index in [1.807, 2.05) is 36.6 Å². The van der Waals surface area contributed by atoms with Crippen molar-refractivity contribution in [2.45, 2.75) is 13.3 Å². The topological polar surface area (TPSA) is 26.3 Å². The zero-order valence-electron chi connectivity index (χ0n) is 8.53. The van der Waals surface area contributed by atoms with Crippen LogP contribution in [0.25, 0.3) is 10.1 Å². The maximum atomic E-state index is 11.7. The Labute approximate surface area is 92.5 Å². The van der Waals surface area contributed by atoms with Gasteiger partial charge in [0.25, 0.3) is 0 Å². The van der Waals surface area contributed by atoms with Crippen LogP contribution in [0.15, 0.2) is 29.6 Å². The lowest BCUT2D eigenvalue weighted by Crippen LogP contribution is -2.04. The first-order chi connectivity index (χ1) is 7.33. The van der Waals surface area contributed by atoms with Gasteiger partial charge in [-0.3, -0.25) is 0 Å². The molecule has 0 aliphatic carbocycles. The highest BCUT2D eigenvalue weighted by Gasteiger charge is 2.12. The largest absolute Gasteiger partial charge is 0.462 e. The molecule has 3 heteroatoms. The molecule has 0 saturated heterocycles. The van der Waals surface area contributed by atoms with Crippen LogP contribution in [0, 0.1) is 0 Å². The molecule has 2 rings (SSSR count). The van der Waals surface area contributed by atoms with Gasteiger partial charge in [-0.05, 0) is 12.5 Å². The van der Waals surface area contributed by atoms with Gasteiger partial charge < -0.3 is 4.74 Å². The van der Waals surface area contributed by atoms with Crippen LogP contribution in [0.3, 0.4) is 0 Å². The van der Waals surface area contributed by atoms with Crippen LogP contribution < -0.4 is 0 Å². The lowest BCUT2D eigenvalue weighted by Gasteiger charge is -2.01. The fourth-order valence-corrected chi connectivity index (χ4v) is 2.34. The Morgan fingerprint density at radius 2 is 2.20 bits per heavy atom. The number of hydrogen-bond acceptors (Lipinski definition) is 3. The van der Waals surface area contributed by atoms with Crippen molar-refractivity contribution < 1.29 is 9.53 Å². The van der Waals surface area contributed by atoms with Gasteiger partial charge in [-0.25, -0.2) is 4.79 Å². The predicted octanol–water partition coefficient (Wildman–Crippen LogP) is 3.47. The van der Waals surface area contributed by atoms with Gasteiger partial charge in [0, 0.05) is 15.5 Å². The summed E-state index contributed by atoms with van der Waals surface area (Å²) in [6.07, 6.45) is 0.855. The lowest BCUT2D eigenvalue weighted by molar-refractivity contribution is 0.0508. The molecule has 0 amide bonds. The molecule has 0 saturated carbocycles. The summed E-state index contributed by atoms with van der Waals surface area (Å²) >= 11 is 1.57. The van der Waals surface area contributed by atoms with E-state index in [1.54, 1.807) is 11.3 Å². The molecule has 0 bridgehead atoms. The maximum absolute atomic E-state index is 11.7. The minimum atomic E-state index is -0.214. The average Bonchev–Trinajstić information content (AvgIpc) is 2.69. The summed E-state index contributed by atoms with van der Waals surface area (Å²) in [6.45, 7) is 2.47. The molecule has 1 heterocycles.